The molecular formula is C22H24N6. The van der Waals surface area contributed by atoms with Gasteiger partial charge in [0.2, 0.25) is 0 Å². The van der Waals surface area contributed by atoms with Crippen LogP contribution in [-0.4, -0.2) is 20.1 Å². The molecule has 142 valence electrons. The van der Waals surface area contributed by atoms with E-state index in [0.29, 0.717) is 11.6 Å². The normalized spacial score (nSPS) is 17.9. The van der Waals surface area contributed by atoms with Crippen molar-refractivity contribution in [2.24, 2.45) is 0 Å². The van der Waals surface area contributed by atoms with Gasteiger partial charge in [0.25, 0.3) is 0 Å². The molecule has 3 aromatic heterocycles. The molecular weight excluding hydrogens is 348 g/mol. The number of nitrogens with one attached hydrogen (secondary N) is 2. The highest BCUT2D eigenvalue weighted by Crippen LogP contribution is 2.41. The molecule has 3 aromatic rings. The van der Waals surface area contributed by atoms with Gasteiger partial charge in [0, 0.05) is 17.8 Å². The fourth-order valence-corrected chi connectivity index (χ4v) is 3.81. The zero-order valence-corrected chi connectivity index (χ0v) is 16.3. The fraction of sp³-hybridized carbons (Fsp3) is 0.409. The Labute approximate surface area is 164 Å². The first-order valence-corrected chi connectivity index (χ1v) is 9.98. The Morgan fingerprint density at radius 2 is 2.04 bits per heavy atom. The molecule has 0 bridgehead atoms. The number of hydrogen-bond donors (Lipinski definition) is 2. The third-order valence-corrected chi connectivity index (χ3v) is 6.04. The van der Waals surface area contributed by atoms with Crippen LogP contribution in [0.25, 0.3) is 22.4 Å². The lowest BCUT2D eigenvalue weighted by Gasteiger charge is -2.30. The van der Waals surface area contributed by atoms with E-state index in [-0.39, 0.29) is 5.54 Å². The van der Waals surface area contributed by atoms with Gasteiger partial charge in [-0.2, -0.15) is 5.26 Å². The van der Waals surface area contributed by atoms with Gasteiger partial charge < -0.3 is 9.99 Å². The quantitative estimate of drug-likeness (QED) is 0.646. The summed E-state index contributed by atoms with van der Waals surface area (Å²) < 4.78 is 2.30. The van der Waals surface area contributed by atoms with Gasteiger partial charge in [-0.05, 0) is 69.7 Å². The van der Waals surface area contributed by atoms with E-state index in [4.69, 9.17) is 4.98 Å². The summed E-state index contributed by atoms with van der Waals surface area (Å²) in [4.78, 5) is 9.28. The molecule has 0 atom stereocenters. The number of rotatable bonds is 5. The van der Waals surface area contributed by atoms with E-state index >= 15 is 0 Å². The van der Waals surface area contributed by atoms with Crippen molar-refractivity contribution in [3.63, 3.8) is 0 Å². The zero-order chi connectivity index (χ0) is 19.3. The van der Waals surface area contributed by atoms with Crippen LogP contribution in [0.2, 0.25) is 0 Å². The Balaban J connectivity index is 1.58. The number of anilines is 1. The number of fused-ring (bicyclic) bond motifs is 1. The van der Waals surface area contributed by atoms with Gasteiger partial charge in [-0.3, -0.25) is 9.97 Å². The topological polar surface area (TPSA) is 78.6 Å². The minimum absolute atomic E-state index is 0.201. The van der Waals surface area contributed by atoms with Gasteiger partial charge >= 0.3 is 0 Å². The van der Waals surface area contributed by atoms with Crippen molar-refractivity contribution in [3.8, 4) is 17.5 Å². The van der Waals surface area contributed by atoms with Crippen molar-refractivity contribution in [3.05, 3.63) is 41.7 Å². The number of aromatic nitrogens is 3. The maximum absolute atomic E-state index is 9.91. The summed E-state index contributed by atoms with van der Waals surface area (Å²) in [6, 6.07) is 8.97. The average Bonchev–Trinajstić information content (AvgIpc) is 3.32. The molecule has 3 heterocycles. The number of nitrogens with zero attached hydrogens (tertiary/aromatic N) is 4. The lowest BCUT2D eigenvalue weighted by Crippen LogP contribution is -2.33. The van der Waals surface area contributed by atoms with Crippen LogP contribution in [-0.2, 0) is 0 Å². The standard InChI is InChI=1S/C22H24N6/c1-14-10-19-20(25-12-14)17(11-23)21(28(19)16-4-3-5-16)18-7-6-15(13-24-18)26-27-22(2)8-9-22/h6-7,10,12-13,16,26-27H,3-5,8-9H2,1-2H3. The van der Waals surface area contributed by atoms with E-state index in [1.807, 2.05) is 31.5 Å². The van der Waals surface area contributed by atoms with E-state index < -0.39 is 0 Å². The molecule has 6 nitrogen and oxygen atoms in total. The Bertz CT molecular complexity index is 1080. The van der Waals surface area contributed by atoms with Crippen LogP contribution in [0, 0.1) is 18.3 Å². The Morgan fingerprint density at radius 1 is 1.21 bits per heavy atom. The Morgan fingerprint density at radius 3 is 2.64 bits per heavy atom. The van der Waals surface area contributed by atoms with E-state index in [1.54, 1.807) is 0 Å². The molecule has 0 unspecified atom stereocenters. The Hall–Kier alpha value is -2.91. The van der Waals surface area contributed by atoms with Gasteiger partial charge in [-0.15, -0.1) is 0 Å². The van der Waals surface area contributed by atoms with Gasteiger partial charge in [0.15, 0.2) is 0 Å². The highest BCUT2D eigenvalue weighted by atomic mass is 15.4. The second-order valence-electron chi connectivity index (χ2n) is 8.41. The molecule has 2 N–H and O–H groups in total. The average molecular weight is 372 g/mol. The van der Waals surface area contributed by atoms with Crippen LogP contribution < -0.4 is 10.9 Å². The van der Waals surface area contributed by atoms with Crippen molar-refractivity contribution in [2.45, 2.75) is 57.5 Å². The van der Waals surface area contributed by atoms with E-state index in [2.05, 4.69) is 39.5 Å². The molecule has 28 heavy (non-hydrogen) atoms. The molecule has 2 saturated carbocycles. The van der Waals surface area contributed by atoms with Crippen molar-refractivity contribution in [2.75, 3.05) is 5.43 Å². The SMILES string of the molecule is Cc1cnc2c(C#N)c(-c3ccc(NNC4(C)CC4)cn3)n(C3CCC3)c2c1. The number of aryl methyl sites for hydroxylation is 1. The van der Waals surface area contributed by atoms with Crippen LogP contribution >= 0.6 is 0 Å². The van der Waals surface area contributed by atoms with Gasteiger partial charge in [-0.25, -0.2) is 5.43 Å². The molecule has 0 aliphatic heterocycles. The summed E-state index contributed by atoms with van der Waals surface area (Å²) >= 11 is 0. The van der Waals surface area contributed by atoms with Gasteiger partial charge in [-0.1, -0.05) is 0 Å². The minimum atomic E-state index is 0.201. The maximum Gasteiger partial charge on any atom is 0.107 e. The molecule has 6 heteroatoms. The van der Waals surface area contributed by atoms with E-state index in [1.165, 1.54) is 19.3 Å². The van der Waals surface area contributed by atoms with E-state index in [0.717, 1.165) is 46.5 Å². The molecule has 2 aliphatic rings. The molecule has 2 aliphatic carbocycles. The van der Waals surface area contributed by atoms with Crippen molar-refractivity contribution in [1.82, 2.24) is 20.0 Å². The highest BCUT2D eigenvalue weighted by molar-refractivity contribution is 5.91. The molecule has 0 saturated heterocycles. The molecule has 5 rings (SSSR count). The van der Waals surface area contributed by atoms with Crippen LogP contribution in [0.1, 0.15) is 56.2 Å². The first kappa shape index (κ1) is 17.2. The summed E-state index contributed by atoms with van der Waals surface area (Å²) in [5.41, 5.74) is 13.0. The largest absolute Gasteiger partial charge is 0.334 e. The second kappa shape index (κ2) is 6.32. The Kier molecular flexibility index (Phi) is 3.88. The zero-order valence-electron chi connectivity index (χ0n) is 16.3. The van der Waals surface area contributed by atoms with Crippen molar-refractivity contribution < 1.29 is 0 Å². The maximum atomic E-state index is 9.91. The molecule has 0 amide bonds. The second-order valence-corrected chi connectivity index (χ2v) is 8.41. The van der Waals surface area contributed by atoms with Crippen molar-refractivity contribution >= 4 is 16.7 Å². The van der Waals surface area contributed by atoms with Crippen LogP contribution in [0.5, 0.6) is 0 Å². The van der Waals surface area contributed by atoms with Gasteiger partial charge in [0.1, 0.15) is 17.1 Å². The van der Waals surface area contributed by atoms with Crippen LogP contribution in [0.15, 0.2) is 30.6 Å². The van der Waals surface area contributed by atoms with E-state index in [9.17, 15) is 5.26 Å². The monoisotopic (exact) mass is 372 g/mol. The smallest absolute Gasteiger partial charge is 0.107 e. The summed E-state index contributed by atoms with van der Waals surface area (Å²) in [7, 11) is 0. The lowest BCUT2D eigenvalue weighted by molar-refractivity contribution is 0.324. The van der Waals surface area contributed by atoms with Crippen LogP contribution in [0.4, 0.5) is 5.69 Å². The molecule has 0 radical (unpaired) electrons. The number of hydrazine groups is 1. The summed E-state index contributed by atoms with van der Waals surface area (Å²) in [6.45, 7) is 4.25. The number of hydrogen-bond acceptors (Lipinski definition) is 5. The summed E-state index contributed by atoms with van der Waals surface area (Å²) in [6.07, 6.45) is 9.54. The predicted octanol–water partition coefficient (Wildman–Crippen LogP) is 4.47. The highest BCUT2D eigenvalue weighted by Gasteiger charge is 2.37. The van der Waals surface area contributed by atoms with Gasteiger partial charge in [0.05, 0.1) is 28.8 Å². The molecule has 0 aromatic carbocycles. The molecule has 0 spiro atoms. The third kappa shape index (κ3) is 2.83. The molecule has 2 fully saturated rings. The minimum Gasteiger partial charge on any atom is -0.334 e. The number of nitriles is 1. The lowest BCUT2D eigenvalue weighted by atomic mass is 9.92. The fourth-order valence-electron chi connectivity index (χ4n) is 3.81. The number of pyridine rings is 2. The summed E-state index contributed by atoms with van der Waals surface area (Å²) in [5, 5.41) is 9.91. The van der Waals surface area contributed by atoms with Crippen molar-refractivity contribution in [1.29, 1.82) is 5.26 Å². The third-order valence-electron chi connectivity index (χ3n) is 6.04. The first-order chi connectivity index (χ1) is 13.6. The first-order valence-electron chi connectivity index (χ1n) is 9.98. The predicted molar refractivity (Wildman–Crippen MR) is 110 cm³/mol. The van der Waals surface area contributed by atoms with Crippen LogP contribution in [0.3, 0.4) is 0 Å². The summed E-state index contributed by atoms with van der Waals surface area (Å²) in [5.74, 6) is 0.